The number of benzene rings is 4. The van der Waals surface area contributed by atoms with Crippen molar-refractivity contribution in [2.45, 2.75) is 87.6 Å². The van der Waals surface area contributed by atoms with Crippen molar-refractivity contribution in [3.63, 3.8) is 0 Å². The van der Waals surface area contributed by atoms with E-state index in [1.807, 2.05) is 0 Å². The minimum Gasteiger partial charge on any atom is -0.351 e. The van der Waals surface area contributed by atoms with Crippen LogP contribution in [0.5, 0.6) is 0 Å². The Morgan fingerprint density at radius 1 is 0.417 bits per heavy atom. The van der Waals surface area contributed by atoms with Crippen molar-refractivity contribution in [3.05, 3.63) is 121 Å². The Morgan fingerprint density at radius 2 is 0.729 bits per heavy atom. The lowest BCUT2D eigenvalue weighted by Crippen LogP contribution is -2.56. The largest absolute Gasteiger partial charge is 0.351 e. The quantitative estimate of drug-likeness (QED) is 0.176. The lowest BCUT2D eigenvalue weighted by Gasteiger charge is -2.36. The summed E-state index contributed by atoms with van der Waals surface area (Å²) in [7, 11) is -1.31. The van der Waals surface area contributed by atoms with Crippen molar-refractivity contribution in [1.82, 2.24) is 10.6 Å². The molecule has 3 fully saturated rings. The molecule has 0 spiro atoms. The molecule has 0 aliphatic heterocycles. The molecule has 248 valence electrons. The molecule has 4 nitrogen and oxygen atoms in total. The first-order valence-electron chi connectivity index (χ1n) is 18.1. The van der Waals surface area contributed by atoms with E-state index in [2.05, 4.69) is 132 Å². The molecule has 4 unspecified atom stereocenters. The van der Waals surface area contributed by atoms with Gasteiger partial charge in [-0.1, -0.05) is 147 Å². The molecule has 6 atom stereocenters. The summed E-state index contributed by atoms with van der Waals surface area (Å²) in [5.41, 5.74) is 0.631. The molecule has 2 amide bonds. The second-order valence-electron chi connectivity index (χ2n) is 13.8. The van der Waals surface area contributed by atoms with Crippen molar-refractivity contribution in [2.24, 2.45) is 11.8 Å². The van der Waals surface area contributed by atoms with Gasteiger partial charge in [-0.05, 0) is 86.9 Å². The van der Waals surface area contributed by atoms with Gasteiger partial charge in [-0.2, -0.15) is 0 Å². The summed E-state index contributed by atoms with van der Waals surface area (Å²) in [5, 5.41) is 12.5. The van der Waals surface area contributed by atoms with Gasteiger partial charge in [0.25, 0.3) is 0 Å². The van der Waals surface area contributed by atoms with E-state index < -0.39 is 15.8 Å². The highest BCUT2D eigenvalue weighted by Gasteiger charge is 2.43. The van der Waals surface area contributed by atoms with Gasteiger partial charge in [0, 0.05) is 23.9 Å². The second-order valence-corrected chi connectivity index (χ2v) is 18.7. The Balaban J connectivity index is 1.06. The Hall–Kier alpha value is -3.32. The smallest absolute Gasteiger partial charge is 0.224 e. The maximum Gasteiger partial charge on any atom is 0.224 e. The predicted molar refractivity (Wildman–Crippen MR) is 203 cm³/mol. The molecule has 6 heteroatoms. The zero-order valence-electron chi connectivity index (χ0n) is 27.8. The molecule has 3 aliphatic carbocycles. The van der Waals surface area contributed by atoms with Gasteiger partial charge < -0.3 is 10.6 Å². The Labute approximate surface area is 289 Å². The fraction of sp³-hybridized carbons (Fsp3) is 0.381. The average Bonchev–Trinajstić information content (AvgIpc) is 3.82. The summed E-state index contributed by atoms with van der Waals surface area (Å²) in [6, 6.07) is 43.3. The molecular weight excluding hydrogens is 626 g/mol. The lowest BCUT2D eigenvalue weighted by atomic mass is 9.89. The number of rotatable bonds is 10. The molecule has 3 saturated carbocycles. The zero-order valence-corrected chi connectivity index (χ0v) is 29.6. The summed E-state index contributed by atoms with van der Waals surface area (Å²) < 4.78 is 0. The average molecular weight is 675 g/mol. The highest BCUT2D eigenvalue weighted by Crippen LogP contribution is 2.51. The van der Waals surface area contributed by atoms with Crippen LogP contribution in [-0.4, -0.2) is 35.2 Å². The number of nitrogens with one attached hydrogen (secondary N) is 2. The standard InChI is InChI=1S/C42H48N2O2P2/c45-41(35-25-15-29-39(35)47(31-17-5-1-6-18-31)32-19-7-2-8-20-32)43-37-27-13-14-28-38(37)44-42(46)36-26-16-30-40(36)48(33-21-9-3-10-22-33)34-23-11-4-12-24-34/h1-12,17-24,35-40H,13-16,25-30H2,(H,43,45)(H,44,46)/t35?,36?,37-,38-,39?,40?/m0/s1. The van der Waals surface area contributed by atoms with Crippen molar-refractivity contribution >= 4 is 48.9 Å². The Bertz CT molecular complexity index is 1420. The highest BCUT2D eigenvalue weighted by molar-refractivity contribution is 7.74. The highest BCUT2D eigenvalue weighted by atomic mass is 31.1. The van der Waals surface area contributed by atoms with Crippen LogP contribution in [0.1, 0.15) is 64.2 Å². The van der Waals surface area contributed by atoms with Crippen LogP contribution in [-0.2, 0) is 9.59 Å². The molecule has 7 rings (SSSR count). The number of hydrogen-bond acceptors (Lipinski definition) is 2. The van der Waals surface area contributed by atoms with E-state index >= 15 is 0 Å². The van der Waals surface area contributed by atoms with Crippen molar-refractivity contribution in [2.75, 3.05) is 0 Å². The van der Waals surface area contributed by atoms with Crippen LogP contribution in [0.25, 0.3) is 0 Å². The van der Waals surface area contributed by atoms with Crippen LogP contribution in [0.2, 0.25) is 0 Å². The van der Waals surface area contributed by atoms with E-state index in [1.165, 1.54) is 21.2 Å². The van der Waals surface area contributed by atoms with Gasteiger partial charge in [-0.3, -0.25) is 9.59 Å². The minimum atomic E-state index is -0.657. The van der Waals surface area contributed by atoms with Gasteiger partial charge in [0.1, 0.15) is 0 Å². The van der Waals surface area contributed by atoms with Crippen molar-refractivity contribution in [1.29, 1.82) is 0 Å². The summed E-state index contributed by atoms with van der Waals surface area (Å²) in [4.78, 5) is 28.4. The molecule has 0 saturated heterocycles. The molecule has 3 aliphatic rings. The van der Waals surface area contributed by atoms with E-state index in [-0.39, 0.29) is 35.7 Å². The molecule has 4 aromatic carbocycles. The van der Waals surface area contributed by atoms with Crippen LogP contribution in [0, 0.1) is 11.8 Å². The SMILES string of the molecule is O=C(N[C@H]1CCCC[C@@H]1NC(=O)C1CCCC1P(c1ccccc1)c1ccccc1)C1CCCC1P(c1ccccc1)c1ccccc1. The van der Waals surface area contributed by atoms with Crippen LogP contribution in [0.3, 0.4) is 0 Å². The summed E-state index contributed by atoms with van der Waals surface area (Å²) in [6.45, 7) is 0. The fourth-order valence-electron chi connectivity index (χ4n) is 8.59. The van der Waals surface area contributed by atoms with Gasteiger partial charge in [0.05, 0.1) is 0 Å². The van der Waals surface area contributed by atoms with Crippen LogP contribution in [0.4, 0.5) is 0 Å². The Morgan fingerprint density at radius 3 is 1.04 bits per heavy atom. The topological polar surface area (TPSA) is 58.2 Å². The van der Waals surface area contributed by atoms with Crippen LogP contribution < -0.4 is 31.9 Å². The second kappa shape index (κ2) is 15.9. The third-order valence-corrected chi connectivity index (χ3v) is 16.8. The van der Waals surface area contributed by atoms with Crippen molar-refractivity contribution in [3.8, 4) is 0 Å². The first-order chi connectivity index (χ1) is 23.7. The molecular formula is C42H48N2O2P2. The van der Waals surface area contributed by atoms with E-state index in [4.69, 9.17) is 0 Å². The van der Waals surface area contributed by atoms with E-state index in [0.29, 0.717) is 11.3 Å². The third-order valence-electron chi connectivity index (χ3n) is 10.9. The summed E-state index contributed by atoms with van der Waals surface area (Å²) in [6.07, 6.45) is 10.2. The van der Waals surface area contributed by atoms with Gasteiger partial charge >= 0.3 is 0 Å². The van der Waals surface area contributed by atoms with Crippen LogP contribution in [0.15, 0.2) is 121 Å². The monoisotopic (exact) mass is 674 g/mol. The maximum atomic E-state index is 14.2. The fourth-order valence-corrected chi connectivity index (χ4v) is 14.9. The molecule has 0 radical (unpaired) electrons. The normalized spacial score (nSPS) is 25.6. The molecule has 0 aromatic heterocycles. The Kier molecular flexibility index (Phi) is 11.0. The van der Waals surface area contributed by atoms with E-state index in [1.54, 1.807) is 0 Å². The zero-order chi connectivity index (χ0) is 32.7. The number of carbonyl (C=O) groups is 2. The minimum absolute atomic E-state index is 0.00526. The van der Waals surface area contributed by atoms with Crippen LogP contribution >= 0.6 is 15.8 Å². The predicted octanol–water partition coefficient (Wildman–Crippen LogP) is 7.13. The van der Waals surface area contributed by atoms with Gasteiger partial charge in [0.15, 0.2) is 0 Å². The maximum absolute atomic E-state index is 14.2. The first kappa shape index (κ1) is 33.2. The summed E-state index contributed by atoms with van der Waals surface area (Å²) >= 11 is 0. The van der Waals surface area contributed by atoms with E-state index in [9.17, 15) is 9.59 Å². The third kappa shape index (κ3) is 7.46. The lowest BCUT2D eigenvalue weighted by molar-refractivity contribution is -0.128. The number of amides is 2. The number of hydrogen-bond donors (Lipinski definition) is 2. The summed E-state index contributed by atoms with van der Waals surface area (Å²) in [5.74, 6) is 0.375. The van der Waals surface area contributed by atoms with E-state index in [0.717, 1.165) is 64.2 Å². The number of carbonyl (C=O) groups excluding carboxylic acids is 2. The molecule has 4 aromatic rings. The molecule has 0 heterocycles. The van der Waals surface area contributed by atoms with Crippen molar-refractivity contribution < 1.29 is 9.59 Å². The first-order valence-corrected chi connectivity index (χ1v) is 20.9. The van der Waals surface area contributed by atoms with Gasteiger partial charge in [0.2, 0.25) is 11.8 Å². The van der Waals surface area contributed by atoms with Gasteiger partial charge in [-0.25, -0.2) is 0 Å². The molecule has 0 bridgehead atoms. The van der Waals surface area contributed by atoms with Gasteiger partial charge in [-0.15, -0.1) is 0 Å². The molecule has 2 N–H and O–H groups in total. The molecule has 48 heavy (non-hydrogen) atoms.